The van der Waals surface area contributed by atoms with Crippen LogP contribution in [0.4, 0.5) is 0 Å². The first-order chi connectivity index (χ1) is 12.6. The predicted octanol–water partition coefficient (Wildman–Crippen LogP) is 4.02. The van der Waals surface area contributed by atoms with Crippen molar-refractivity contribution in [2.45, 2.75) is 59.2 Å². The topological polar surface area (TPSA) is 63.2 Å². The van der Waals surface area contributed by atoms with E-state index in [1.807, 2.05) is 65.8 Å². The van der Waals surface area contributed by atoms with Gasteiger partial charge in [-0.15, -0.1) is 0 Å². The summed E-state index contributed by atoms with van der Waals surface area (Å²) in [6.07, 6.45) is 0.920. The van der Waals surface area contributed by atoms with Crippen LogP contribution >= 0.6 is 7.60 Å². The van der Waals surface area contributed by atoms with Crippen LogP contribution in [0.2, 0.25) is 0 Å². The van der Waals surface area contributed by atoms with Gasteiger partial charge in [-0.05, 0) is 65.6 Å². The smallest absolute Gasteiger partial charge is 0.494 e. The summed E-state index contributed by atoms with van der Waals surface area (Å²) in [5.41, 5.74) is 0.156. The van der Waals surface area contributed by atoms with Gasteiger partial charge >= 0.3 is 14.7 Å². The van der Waals surface area contributed by atoms with Gasteiger partial charge in [0, 0.05) is 0 Å². The van der Waals surface area contributed by atoms with Crippen molar-refractivity contribution < 1.29 is 27.7 Å². The molecule has 0 radical (unpaired) electrons. The molecule has 0 unspecified atom stereocenters. The Morgan fingerprint density at radius 2 is 1.63 bits per heavy atom. The lowest BCUT2D eigenvalue weighted by Gasteiger charge is -2.32. The van der Waals surface area contributed by atoms with Crippen LogP contribution in [0.3, 0.4) is 0 Å². The van der Waals surface area contributed by atoms with Gasteiger partial charge in [0.15, 0.2) is 0 Å². The number of benzene rings is 1. The van der Waals surface area contributed by atoms with Gasteiger partial charge in [-0.3, -0.25) is 4.57 Å². The minimum Gasteiger partial charge on any atom is -0.494 e. The summed E-state index contributed by atoms with van der Waals surface area (Å²) in [6.45, 7) is 12.9. The van der Waals surface area contributed by atoms with Gasteiger partial charge in [0.2, 0.25) is 0 Å². The minimum absolute atomic E-state index is 0.339. The highest BCUT2D eigenvalue weighted by Gasteiger charge is 2.51. The molecule has 0 bridgehead atoms. The van der Waals surface area contributed by atoms with Crippen molar-refractivity contribution in [1.82, 2.24) is 0 Å². The highest BCUT2D eigenvalue weighted by Crippen LogP contribution is 2.48. The first-order valence-electron chi connectivity index (χ1n) is 9.59. The van der Waals surface area contributed by atoms with E-state index in [0.29, 0.717) is 32.4 Å². The molecule has 1 aliphatic rings. The third kappa shape index (κ3) is 5.82. The van der Waals surface area contributed by atoms with Crippen molar-refractivity contribution in [2.24, 2.45) is 0 Å². The van der Waals surface area contributed by atoms with Gasteiger partial charge in [0.25, 0.3) is 0 Å². The second-order valence-corrected chi connectivity index (χ2v) is 9.72. The molecule has 152 valence electrons. The molecule has 2 rings (SSSR count). The Balaban J connectivity index is 1.90. The molecule has 1 fully saturated rings. The highest BCUT2D eigenvalue weighted by molar-refractivity contribution is 7.53. The molecule has 1 saturated heterocycles. The first-order valence-corrected chi connectivity index (χ1v) is 11.3. The van der Waals surface area contributed by atoms with Gasteiger partial charge in [-0.25, -0.2) is 0 Å². The molecular formula is C19H32BO6P. The van der Waals surface area contributed by atoms with E-state index in [0.717, 1.165) is 11.2 Å². The zero-order valence-corrected chi connectivity index (χ0v) is 18.2. The molecule has 1 aromatic carbocycles. The van der Waals surface area contributed by atoms with Gasteiger partial charge in [-0.1, -0.05) is 12.1 Å². The van der Waals surface area contributed by atoms with E-state index in [9.17, 15) is 4.57 Å². The molecule has 0 amide bonds. The molecule has 27 heavy (non-hydrogen) atoms. The number of ether oxygens (including phenoxy) is 1. The summed E-state index contributed by atoms with van der Waals surface area (Å²) >= 11 is 0. The van der Waals surface area contributed by atoms with Crippen molar-refractivity contribution in [3.8, 4) is 5.75 Å². The zero-order chi connectivity index (χ0) is 20.1. The Bertz CT molecular complexity index is 637. The Kier molecular flexibility index (Phi) is 7.57. The maximum absolute atomic E-state index is 12.4. The van der Waals surface area contributed by atoms with E-state index in [-0.39, 0.29) is 11.2 Å². The van der Waals surface area contributed by atoms with Crippen LogP contribution in [0.5, 0.6) is 5.75 Å². The lowest BCUT2D eigenvalue weighted by atomic mass is 9.79. The average molecular weight is 398 g/mol. The third-order valence-electron chi connectivity index (χ3n) is 4.88. The van der Waals surface area contributed by atoms with Gasteiger partial charge in [0.1, 0.15) is 5.75 Å². The summed E-state index contributed by atoms with van der Waals surface area (Å²) in [5, 5.41) is 0. The summed E-state index contributed by atoms with van der Waals surface area (Å²) in [5.74, 6) is 0.727. The second-order valence-electron chi connectivity index (χ2n) is 7.53. The first kappa shape index (κ1) is 22.4. The maximum atomic E-state index is 12.4. The van der Waals surface area contributed by atoms with Crippen molar-refractivity contribution in [3.05, 3.63) is 24.3 Å². The normalized spacial score (nSPS) is 18.7. The van der Waals surface area contributed by atoms with Crippen LogP contribution < -0.4 is 10.2 Å². The molecule has 0 N–H and O–H groups in total. The summed E-state index contributed by atoms with van der Waals surface area (Å²) < 4.78 is 41.0. The molecule has 0 atom stereocenters. The molecule has 0 aliphatic carbocycles. The Morgan fingerprint density at radius 1 is 1.04 bits per heavy atom. The van der Waals surface area contributed by atoms with E-state index in [2.05, 4.69) is 0 Å². The molecule has 8 heteroatoms. The fourth-order valence-corrected chi connectivity index (χ4v) is 4.37. The fourth-order valence-electron chi connectivity index (χ4n) is 2.74. The van der Waals surface area contributed by atoms with E-state index >= 15 is 0 Å². The fraction of sp³-hybridized carbons (Fsp3) is 0.684. The maximum Gasteiger partial charge on any atom is 0.494 e. The van der Waals surface area contributed by atoms with Crippen LogP contribution in [0.1, 0.15) is 48.0 Å². The highest BCUT2D eigenvalue weighted by atomic mass is 31.2. The summed E-state index contributed by atoms with van der Waals surface area (Å²) in [6, 6.07) is 7.70. The number of rotatable bonds is 10. The molecular weight excluding hydrogens is 366 g/mol. The molecule has 0 spiro atoms. The van der Waals surface area contributed by atoms with Gasteiger partial charge < -0.3 is 23.1 Å². The lowest BCUT2D eigenvalue weighted by Crippen LogP contribution is -2.41. The summed E-state index contributed by atoms with van der Waals surface area (Å²) in [4.78, 5) is 0. The quantitative estimate of drug-likeness (QED) is 0.337. The average Bonchev–Trinajstić information content (AvgIpc) is 2.80. The molecule has 1 aliphatic heterocycles. The van der Waals surface area contributed by atoms with Crippen LogP contribution in [0, 0.1) is 0 Å². The molecule has 0 aromatic heterocycles. The van der Waals surface area contributed by atoms with Crippen molar-refractivity contribution >= 4 is 20.2 Å². The largest absolute Gasteiger partial charge is 0.494 e. The van der Waals surface area contributed by atoms with Crippen molar-refractivity contribution in [1.29, 1.82) is 0 Å². The minimum atomic E-state index is -3.02. The van der Waals surface area contributed by atoms with Crippen molar-refractivity contribution in [3.63, 3.8) is 0 Å². The predicted molar refractivity (Wildman–Crippen MR) is 108 cm³/mol. The van der Waals surface area contributed by atoms with Gasteiger partial charge in [-0.2, -0.15) is 0 Å². The van der Waals surface area contributed by atoms with E-state index in [1.165, 1.54) is 0 Å². The van der Waals surface area contributed by atoms with Crippen LogP contribution in [0.15, 0.2) is 24.3 Å². The SMILES string of the molecule is CCOP(=O)(CCCOc1cccc(B2OC(C)(C)C(C)(C)O2)c1)OCC. The Labute approximate surface area is 163 Å². The van der Waals surface area contributed by atoms with E-state index in [1.54, 1.807) is 0 Å². The molecule has 0 saturated carbocycles. The lowest BCUT2D eigenvalue weighted by molar-refractivity contribution is 0.00578. The number of hydrogen-bond donors (Lipinski definition) is 0. The summed E-state index contributed by atoms with van der Waals surface area (Å²) in [7, 11) is -3.44. The molecule has 1 aromatic rings. The Hall–Kier alpha value is -0.845. The van der Waals surface area contributed by atoms with Gasteiger partial charge in [0.05, 0.1) is 37.2 Å². The Morgan fingerprint density at radius 3 is 2.19 bits per heavy atom. The second kappa shape index (κ2) is 9.10. The van der Waals surface area contributed by atoms with Crippen LogP contribution in [0.25, 0.3) is 0 Å². The standard InChI is InChI=1S/C19H32BO6P/c1-7-23-27(21,24-8-2)14-10-13-22-17-12-9-11-16(15-17)20-25-18(3,4)19(5,6)26-20/h9,11-12,15H,7-8,10,13-14H2,1-6H3. The number of hydrogen-bond acceptors (Lipinski definition) is 6. The van der Waals surface area contributed by atoms with E-state index < -0.39 is 14.7 Å². The zero-order valence-electron chi connectivity index (χ0n) is 17.3. The third-order valence-corrected chi connectivity index (χ3v) is 7.05. The van der Waals surface area contributed by atoms with E-state index in [4.69, 9.17) is 23.1 Å². The van der Waals surface area contributed by atoms with Crippen molar-refractivity contribution in [2.75, 3.05) is 26.0 Å². The molecule has 6 nitrogen and oxygen atoms in total. The monoisotopic (exact) mass is 398 g/mol. The van der Waals surface area contributed by atoms with Crippen LogP contribution in [-0.4, -0.2) is 44.3 Å². The van der Waals surface area contributed by atoms with Crippen LogP contribution in [-0.2, 0) is 22.9 Å². The molecule has 1 heterocycles.